The molecule has 3 aromatic rings. The first-order valence-electron chi connectivity index (χ1n) is 14.7. The summed E-state index contributed by atoms with van der Waals surface area (Å²) in [6, 6.07) is 13.0. The lowest BCUT2D eigenvalue weighted by molar-refractivity contribution is -0.202. The van der Waals surface area contributed by atoms with Crippen molar-refractivity contribution in [2.45, 2.75) is 82.4 Å². The molecule has 0 spiro atoms. The molecule has 0 aliphatic carbocycles. The Hall–Kier alpha value is -2.49. The van der Waals surface area contributed by atoms with E-state index < -0.39 is 8.07 Å². The Kier molecular flexibility index (Phi) is 9.17. The highest BCUT2D eigenvalue weighted by Crippen LogP contribution is 2.34. The molecule has 0 amide bonds. The summed E-state index contributed by atoms with van der Waals surface area (Å²) in [6.07, 6.45) is 1.81. The average molecular weight is 612 g/mol. The predicted octanol–water partition coefficient (Wildman–Crippen LogP) is 5.25. The van der Waals surface area contributed by atoms with Crippen LogP contribution in [0.4, 0.5) is 0 Å². The van der Waals surface area contributed by atoms with Gasteiger partial charge in [0, 0.05) is 26.9 Å². The Bertz CT molecular complexity index is 1430. The van der Waals surface area contributed by atoms with Crippen molar-refractivity contribution in [1.82, 2.24) is 14.5 Å². The summed E-state index contributed by atoms with van der Waals surface area (Å²) >= 11 is 6.66. The van der Waals surface area contributed by atoms with Gasteiger partial charge in [-0.25, -0.2) is 4.98 Å². The predicted molar refractivity (Wildman–Crippen MR) is 161 cm³/mol. The molecule has 3 fully saturated rings. The smallest absolute Gasteiger partial charge is 0.301 e. The second kappa shape index (κ2) is 13.0. The Labute approximate surface area is 252 Å². The second-order valence-electron chi connectivity index (χ2n) is 12.2. The number of rotatable bonds is 9. The van der Waals surface area contributed by atoms with Gasteiger partial charge in [0.2, 0.25) is 0 Å². The fourth-order valence-electron chi connectivity index (χ4n) is 5.29. The molecule has 0 saturated carbocycles. The van der Waals surface area contributed by atoms with Gasteiger partial charge in [-0.15, -0.1) is 0 Å². The molecule has 1 aromatic carbocycles. The lowest BCUT2D eigenvalue weighted by Crippen LogP contribution is -2.38. The van der Waals surface area contributed by atoms with E-state index in [0.717, 1.165) is 37.5 Å². The minimum absolute atomic E-state index is 0.193. The summed E-state index contributed by atoms with van der Waals surface area (Å²) in [4.78, 5) is 9.45. The van der Waals surface area contributed by atoms with E-state index in [4.69, 9.17) is 50.0 Å². The highest BCUT2D eigenvalue weighted by atomic mass is 35.5. The van der Waals surface area contributed by atoms with Gasteiger partial charge in [0.15, 0.2) is 18.0 Å². The maximum Gasteiger partial charge on any atom is 0.301 e. The average Bonchev–Trinajstić information content (AvgIpc) is 3.65. The van der Waals surface area contributed by atoms with Crippen molar-refractivity contribution in [3.05, 3.63) is 52.7 Å². The molecule has 9 nitrogen and oxygen atoms in total. The van der Waals surface area contributed by atoms with Crippen LogP contribution in [0.1, 0.15) is 30.5 Å². The van der Waals surface area contributed by atoms with Crippen molar-refractivity contribution in [3.63, 3.8) is 0 Å². The minimum atomic E-state index is -1.25. The van der Waals surface area contributed by atoms with Gasteiger partial charge < -0.3 is 28.4 Å². The van der Waals surface area contributed by atoms with E-state index in [1.165, 1.54) is 0 Å². The zero-order valence-electron chi connectivity index (χ0n) is 24.4. The number of hydrogen-bond donors (Lipinski definition) is 0. The molecule has 5 heterocycles. The van der Waals surface area contributed by atoms with Crippen molar-refractivity contribution in [3.8, 4) is 17.9 Å². The van der Waals surface area contributed by atoms with Crippen LogP contribution in [-0.2, 0) is 30.4 Å². The van der Waals surface area contributed by atoms with Gasteiger partial charge in [-0.2, -0.15) is 4.98 Å². The summed E-state index contributed by atoms with van der Waals surface area (Å²) in [7, 11) is -1.25. The van der Waals surface area contributed by atoms with Crippen LogP contribution in [0.5, 0.6) is 6.01 Å². The van der Waals surface area contributed by atoms with Gasteiger partial charge in [0.25, 0.3) is 0 Å². The SMILES string of the molecule is C[Si](C)(C)CCOCn1c(O[C@@H]2CO[C@H]3[C@@H]2OC[C@H]3OC2CCCCO2)nc2nc(C#Cc3ccccc3)c(Cl)cc21. The molecule has 0 bridgehead atoms. The first-order chi connectivity index (χ1) is 20.3. The Balaban J connectivity index is 1.22. The van der Waals surface area contributed by atoms with Crippen molar-refractivity contribution < 1.29 is 28.4 Å². The highest BCUT2D eigenvalue weighted by molar-refractivity contribution is 6.76. The van der Waals surface area contributed by atoms with Gasteiger partial charge in [0.1, 0.15) is 30.7 Å². The molecular formula is C31H38ClN3O6Si. The molecule has 2 aromatic heterocycles. The van der Waals surface area contributed by atoms with Crippen LogP contribution in [0, 0.1) is 11.8 Å². The summed E-state index contributed by atoms with van der Waals surface area (Å²) < 4.78 is 38.7. The van der Waals surface area contributed by atoms with E-state index in [2.05, 4.69) is 31.5 Å². The fourth-order valence-corrected chi connectivity index (χ4v) is 6.24. The largest absolute Gasteiger partial charge is 0.456 e. The van der Waals surface area contributed by atoms with Crippen LogP contribution in [0.3, 0.4) is 0 Å². The van der Waals surface area contributed by atoms with Gasteiger partial charge in [0.05, 0.1) is 23.8 Å². The van der Waals surface area contributed by atoms with Gasteiger partial charge in [-0.3, -0.25) is 4.57 Å². The summed E-state index contributed by atoms with van der Waals surface area (Å²) in [5.41, 5.74) is 2.54. The molecule has 1 unspecified atom stereocenters. The zero-order valence-corrected chi connectivity index (χ0v) is 26.1. The maximum absolute atomic E-state index is 6.66. The number of halogens is 1. The minimum Gasteiger partial charge on any atom is -0.456 e. The Morgan fingerprint density at radius 2 is 1.79 bits per heavy atom. The molecule has 11 heteroatoms. The molecule has 6 rings (SSSR count). The molecular weight excluding hydrogens is 574 g/mol. The number of fused-ring (bicyclic) bond motifs is 2. The number of pyridine rings is 1. The third-order valence-corrected chi connectivity index (χ3v) is 9.65. The Morgan fingerprint density at radius 1 is 1.00 bits per heavy atom. The van der Waals surface area contributed by atoms with E-state index in [1.54, 1.807) is 0 Å². The summed E-state index contributed by atoms with van der Waals surface area (Å²) in [5, 5.41) is 0.439. The van der Waals surface area contributed by atoms with Crippen LogP contribution >= 0.6 is 11.6 Å². The number of nitrogens with zero attached hydrogens (tertiary/aromatic N) is 3. The second-order valence-corrected chi connectivity index (χ2v) is 18.2. The van der Waals surface area contributed by atoms with Crippen LogP contribution in [0.2, 0.25) is 30.7 Å². The Morgan fingerprint density at radius 3 is 2.55 bits per heavy atom. The maximum atomic E-state index is 6.66. The monoisotopic (exact) mass is 611 g/mol. The highest BCUT2D eigenvalue weighted by Gasteiger charge is 2.50. The lowest BCUT2D eigenvalue weighted by atomic mass is 10.1. The number of ether oxygens (including phenoxy) is 6. The number of imidazole rings is 1. The van der Waals surface area contributed by atoms with Crippen LogP contribution < -0.4 is 4.74 Å². The molecule has 3 saturated heterocycles. The van der Waals surface area contributed by atoms with Crippen molar-refractivity contribution in [1.29, 1.82) is 0 Å². The molecule has 0 N–H and O–H groups in total. The zero-order chi connectivity index (χ0) is 29.1. The topological polar surface area (TPSA) is 86.1 Å². The first kappa shape index (κ1) is 29.6. The lowest BCUT2D eigenvalue weighted by Gasteiger charge is -2.27. The van der Waals surface area contributed by atoms with E-state index in [0.29, 0.717) is 47.7 Å². The molecule has 3 aliphatic rings. The van der Waals surface area contributed by atoms with Crippen molar-refractivity contribution in [2.24, 2.45) is 0 Å². The van der Waals surface area contributed by atoms with E-state index in [1.807, 2.05) is 41.0 Å². The van der Waals surface area contributed by atoms with Gasteiger partial charge in [-0.05, 0) is 49.4 Å². The van der Waals surface area contributed by atoms with Gasteiger partial charge in [-0.1, -0.05) is 55.4 Å². The summed E-state index contributed by atoms with van der Waals surface area (Å²) in [5.74, 6) is 6.21. The van der Waals surface area contributed by atoms with E-state index >= 15 is 0 Å². The van der Waals surface area contributed by atoms with E-state index in [9.17, 15) is 0 Å². The first-order valence-corrected chi connectivity index (χ1v) is 18.8. The molecule has 42 heavy (non-hydrogen) atoms. The molecule has 0 radical (unpaired) electrons. The normalized spacial score (nSPS) is 25.8. The standard InChI is InChI=1S/C31H38ClN3O6Si/c1-42(2,3)16-15-36-20-35-24-17-22(32)23(13-12-21-9-5-4-6-10-21)33-30(24)34-31(35)41-26-19-39-28-25(18-38-29(26)28)40-27-11-7-8-14-37-27/h4-6,9-10,17,25-29H,7-8,11,14-16,18-20H2,1-3H3/t25-,26-,27?,28-,29-/m1/s1. The number of hydrogen-bond acceptors (Lipinski definition) is 8. The molecule has 5 atom stereocenters. The summed E-state index contributed by atoms with van der Waals surface area (Å²) in [6.45, 7) is 9.43. The van der Waals surface area contributed by atoms with Crippen LogP contribution in [0.25, 0.3) is 11.2 Å². The fraction of sp³-hybridized carbons (Fsp3) is 0.548. The van der Waals surface area contributed by atoms with Crippen LogP contribution in [0.15, 0.2) is 36.4 Å². The third-order valence-electron chi connectivity index (χ3n) is 7.66. The van der Waals surface area contributed by atoms with Crippen molar-refractivity contribution in [2.75, 3.05) is 26.4 Å². The molecule has 3 aliphatic heterocycles. The molecule has 224 valence electrons. The third kappa shape index (κ3) is 7.00. The number of benzene rings is 1. The van der Waals surface area contributed by atoms with Crippen LogP contribution in [-0.4, -0.2) is 79.7 Å². The van der Waals surface area contributed by atoms with Crippen molar-refractivity contribution >= 4 is 30.8 Å². The quantitative estimate of drug-likeness (QED) is 0.184. The number of aromatic nitrogens is 3. The van der Waals surface area contributed by atoms with E-state index in [-0.39, 0.29) is 37.4 Å². The van der Waals surface area contributed by atoms with Gasteiger partial charge >= 0.3 is 6.01 Å².